The van der Waals surface area contributed by atoms with E-state index in [4.69, 9.17) is 0 Å². The maximum Gasteiger partial charge on any atom is 0.128 e. The van der Waals surface area contributed by atoms with E-state index in [0.29, 0.717) is 0 Å². The van der Waals surface area contributed by atoms with Gasteiger partial charge in [0.2, 0.25) is 0 Å². The van der Waals surface area contributed by atoms with Gasteiger partial charge in [0.1, 0.15) is 5.94 Å². The molecule has 1 aromatic heterocycles. The van der Waals surface area contributed by atoms with Gasteiger partial charge in [0.25, 0.3) is 0 Å². The maximum atomic E-state index is 10.5. The lowest BCUT2D eigenvalue weighted by molar-refractivity contribution is 0.568. The molecule has 1 rings (SSSR count). The first-order chi connectivity index (χ1) is 5.25. The Bertz CT molecular complexity index is 266. The van der Waals surface area contributed by atoms with Gasteiger partial charge in [0.05, 0.1) is 0 Å². The van der Waals surface area contributed by atoms with Crippen molar-refractivity contribution in [3.63, 3.8) is 0 Å². The Labute approximate surface area is 70.4 Å². The van der Waals surface area contributed by atoms with Crippen LogP contribution in [0.4, 0.5) is 0 Å². The summed E-state index contributed by atoms with van der Waals surface area (Å²) in [5, 5.41) is 3.94. The lowest BCUT2D eigenvalue weighted by Gasteiger charge is -2.02. The first kappa shape index (κ1) is 8.25. The van der Waals surface area contributed by atoms with Crippen LogP contribution >= 0.6 is 11.3 Å². The summed E-state index contributed by atoms with van der Waals surface area (Å²) in [4.78, 5) is 10.5. The predicted molar refractivity (Wildman–Crippen MR) is 48.3 cm³/mol. The fraction of sp³-hybridized carbons (Fsp3) is 0.333. The van der Waals surface area contributed by atoms with E-state index in [1.54, 1.807) is 11.3 Å². The van der Waals surface area contributed by atoms with Gasteiger partial charge in [0, 0.05) is 5.57 Å². The Hall–Kier alpha value is -0.850. The molecule has 0 unspecified atom stereocenters. The summed E-state index contributed by atoms with van der Waals surface area (Å²) < 4.78 is 0. The van der Waals surface area contributed by atoms with Crippen LogP contribution in [0.15, 0.2) is 16.8 Å². The highest BCUT2D eigenvalue weighted by atomic mass is 32.1. The highest BCUT2D eigenvalue weighted by Crippen LogP contribution is 2.21. The van der Waals surface area contributed by atoms with Crippen molar-refractivity contribution in [2.45, 2.75) is 13.8 Å². The number of hydrogen-bond acceptors (Lipinski definition) is 2. The van der Waals surface area contributed by atoms with Gasteiger partial charge in [-0.1, -0.05) is 13.8 Å². The monoisotopic (exact) mass is 166 g/mol. The number of allylic oxidation sites excluding steroid dienone is 1. The SMILES string of the molecule is CC(C)C(=C=O)c1ccsc1. The molecule has 0 aliphatic carbocycles. The summed E-state index contributed by atoms with van der Waals surface area (Å²) in [6.07, 6.45) is 0. The highest BCUT2D eigenvalue weighted by molar-refractivity contribution is 7.08. The maximum absolute atomic E-state index is 10.5. The molecule has 0 aromatic carbocycles. The van der Waals surface area contributed by atoms with E-state index in [2.05, 4.69) is 0 Å². The van der Waals surface area contributed by atoms with Crippen molar-refractivity contribution in [3.05, 3.63) is 22.4 Å². The molecule has 2 heteroatoms. The van der Waals surface area contributed by atoms with E-state index in [0.717, 1.165) is 11.1 Å². The molecule has 0 fully saturated rings. The van der Waals surface area contributed by atoms with Crippen molar-refractivity contribution >= 4 is 22.9 Å². The minimum absolute atomic E-state index is 0.266. The van der Waals surface area contributed by atoms with Gasteiger partial charge in [-0.05, 0) is 28.3 Å². The highest BCUT2D eigenvalue weighted by Gasteiger charge is 2.06. The molecule has 0 bridgehead atoms. The minimum atomic E-state index is 0.266. The molecule has 0 saturated heterocycles. The molecule has 0 saturated carbocycles. The molecule has 0 aliphatic rings. The van der Waals surface area contributed by atoms with Crippen LogP contribution < -0.4 is 0 Å². The van der Waals surface area contributed by atoms with Crippen molar-refractivity contribution < 1.29 is 4.79 Å². The zero-order valence-electron chi connectivity index (χ0n) is 6.63. The molecular formula is C9H10OS. The molecule has 0 aliphatic heterocycles. The summed E-state index contributed by atoms with van der Waals surface area (Å²) in [5.41, 5.74) is 1.78. The molecule has 0 spiro atoms. The van der Waals surface area contributed by atoms with Crippen molar-refractivity contribution in [2.75, 3.05) is 0 Å². The lowest BCUT2D eigenvalue weighted by atomic mass is 10.00. The summed E-state index contributed by atoms with van der Waals surface area (Å²) in [6, 6.07) is 1.95. The second-order valence-electron chi connectivity index (χ2n) is 2.68. The van der Waals surface area contributed by atoms with Gasteiger partial charge in [-0.15, -0.1) is 0 Å². The molecule has 11 heavy (non-hydrogen) atoms. The summed E-state index contributed by atoms with van der Waals surface area (Å²) in [7, 11) is 0. The Kier molecular flexibility index (Phi) is 2.64. The molecule has 0 radical (unpaired) electrons. The van der Waals surface area contributed by atoms with Crippen LogP contribution in [0.5, 0.6) is 0 Å². The molecule has 0 amide bonds. The second kappa shape index (κ2) is 3.51. The van der Waals surface area contributed by atoms with Crippen LogP contribution in [0.1, 0.15) is 19.4 Å². The Morgan fingerprint density at radius 1 is 1.64 bits per heavy atom. The van der Waals surface area contributed by atoms with Crippen LogP contribution in [0.2, 0.25) is 0 Å². The van der Waals surface area contributed by atoms with Crippen molar-refractivity contribution in [2.24, 2.45) is 5.92 Å². The zero-order valence-corrected chi connectivity index (χ0v) is 7.44. The average Bonchev–Trinajstić information content (AvgIpc) is 2.40. The van der Waals surface area contributed by atoms with Gasteiger partial charge >= 0.3 is 0 Å². The van der Waals surface area contributed by atoms with Crippen LogP contribution in [0, 0.1) is 5.92 Å². The van der Waals surface area contributed by atoms with Gasteiger partial charge in [-0.25, -0.2) is 4.79 Å². The van der Waals surface area contributed by atoms with Crippen molar-refractivity contribution in [3.8, 4) is 0 Å². The number of rotatable bonds is 2. The topological polar surface area (TPSA) is 17.1 Å². The fourth-order valence-electron chi connectivity index (χ4n) is 0.928. The summed E-state index contributed by atoms with van der Waals surface area (Å²) >= 11 is 1.60. The van der Waals surface area contributed by atoms with Crippen LogP contribution in [0.3, 0.4) is 0 Å². The van der Waals surface area contributed by atoms with Gasteiger partial charge in [-0.2, -0.15) is 11.3 Å². The minimum Gasteiger partial charge on any atom is -0.233 e. The fourth-order valence-corrected chi connectivity index (χ4v) is 1.58. The standard InChI is InChI=1S/C9H10OS/c1-7(2)9(5-10)8-3-4-11-6-8/h3-4,6-7H,1-2H3. The van der Waals surface area contributed by atoms with Crippen molar-refractivity contribution in [1.29, 1.82) is 0 Å². The normalized spacial score (nSPS) is 9.73. The van der Waals surface area contributed by atoms with Crippen LogP contribution in [-0.4, -0.2) is 5.94 Å². The van der Waals surface area contributed by atoms with Gasteiger partial charge in [0.15, 0.2) is 0 Å². The van der Waals surface area contributed by atoms with E-state index in [-0.39, 0.29) is 5.92 Å². The Morgan fingerprint density at radius 3 is 2.73 bits per heavy atom. The van der Waals surface area contributed by atoms with E-state index in [1.165, 1.54) is 0 Å². The predicted octanol–water partition coefficient (Wildman–Crippen LogP) is 2.62. The van der Waals surface area contributed by atoms with E-state index >= 15 is 0 Å². The smallest absolute Gasteiger partial charge is 0.128 e. The van der Waals surface area contributed by atoms with Crippen LogP contribution in [-0.2, 0) is 4.79 Å². The lowest BCUT2D eigenvalue weighted by Crippen LogP contribution is -1.91. The average molecular weight is 166 g/mol. The largest absolute Gasteiger partial charge is 0.233 e. The number of thiophene rings is 1. The molecule has 58 valence electrons. The van der Waals surface area contributed by atoms with E-state index in [1.807, 2.05) is 36.6 Å². The van der Waals surface area contributed by atoms with E-state index in [9.17, 15) is 4.79 Å². The summed E-state index contributed by atoms with van der Waals surface area (Å²) in [6.45, 7) is 4.00. The van der Waals surface area contributed by atoms with E-state index < -0.39 is 0 Å². The summed E-state index contributed by atoms with van der Waals surface area (Å²) in [5.74, 6) is 2.24. The van der Waals surface area contributed by atoms with Crippen LogP contribution in [0.25, 0.3) is 5.57 Å². The quantitative estimate of drug-likeness (QED) is 0.617. The molecular weight excluding hydrogens is 156 g/mol. The first-order valence-electron chi connectivity index (χ1n) is 3.53. The third-order valence-corrected chi connectivity index (χ3v) is 2.20. The number of hydrogen-bond donors (Lipinski definition) is 0. The first-order valence-corrected chi connectivity index (χ1v) is 4.47. The molecule has 0 N–H and O–H groups in total. The molecule has 1 aromatic rings. The molecule has 1 nitrogen and oxygen atoms in total. The zero-order chi connectivity index (χ0) is 8.27. The van der Waals surface area contributed by atoms with Crippen molar-refractivity contribution in [1.82, 2.24) is 0 Å². The molecule has 0 atom stereocenters. The third kappa shape index (κ3) is 1.79. The number of carbonyl (C=O) groups excluding carboxylic acids is 1. The second-order valence-corrected chi connectivity index (χ2v) is 3.46. The Balaban J connectivity index is 2.99. The molecule has 1 heterocycles. The van der Waals surface area contributed by atoms with Gasteiger partial charge in [-0.3, -0.25) is 0 Å². The third-order valence-electron chi connectivity index (χ3n) is 1.52. The van der Waals surface area contributed by atoms with Gasteiger partial charge < -0.3 is 0 Å². The Morgan fingerprint density at radius 2 is 2.36 bits per heavy atom.